The number of aryl methyl sites for hydroxylation is 2. The van der Waals surface area contributed by atoms with E-state index in [1.165, 1.54) is 11.1 Å². The summed E-state index contributed by atoms with van der Waals surface area (Å²) >= 11 is 0. The van der Waals surface area contributed by atoms with Gasteiger partial charge in [-0.3, -0.25) is 0 Å². The molecule has 1 atom stereocenters. The van der Waals surface area contributed by atoms with Crippen LogP contribution in [0.1, 0.15) is 24.0 Å². The maximum absolute atomic E-state index is 9.89. The molecular formula is C14H18O2. The van der Waals surface area contributed by atoms with Crippen molar-refractivity contribution in [2.75, 3.05) is 6.61 Å². The van der Waals surface area contributed by atoms with Crippen molar-refractivity contribution in [2.24, 2.45) is 0 Å². The third-order valence-electron chi connectivity index (χ3n) is 2.85. The van der Waals surface area contributed by atoms with Crippen LogP contribution in [0.5, 0.6) is 0 Å². The zero-order valence-electron chi connectivity index (χ0n) is 9.65. The molecule has 1 heterocycles. The zero-order chi connectivity index (χ0) is 11.4. The second-order valence-electron chi connectivity index (χ2n) is 4.29. The maximum atomic E-state index is 9.89. The van der Waals surface area contributed by atoms with Crippen molar-refractivity contribution in [3.8, 4) is 0 Å². The molecule has 0 radical (unpaired) electrons. The van der Waals surface area contributed by atoms with Crippen LogP contribution in [0.3, 0.4) is 0 Å². The van der Waals surface area contributed by atoms with Crippen molar-refractivity contribution in [2.45, 2.75) is 32.3 Å². The first kappa shape index (κ1) is 11.2. The van der Waals surface area contributed by atoms with Gasteiger partial charge in [0.15, 0.2) is 0 Å². The summed E-state index contributed by atoms with van der Waals surface area (Å²) in [6.45, 7) is 2.80. The monoisotopic (exact) mass is 218 g/mol. The van der Waals surface area contributed by atoms with Crippen molar-refractivity contribution >= 4 is 0 Å². The average Bonchev–Trinajstić information content (AvgIpc) is 2.79. The summed E-state index contributed by atoms with van der Waals surface area (Å²) in [4.78, 5) is 0. The minimum atomic E-state index is -0.442. The van der Waals surface area contributed by atoms with Gasteiger partial charge in [-0.15, -0.1) is 0 Å². The summed E-state index contributed by atoms with van der Waals surface area (Å²) in [5.41, 5.74) is 2.54. The molecule has 16 heavy (non-hydrogen) atoms. The van der Waals surface area contributed by atoms with E-state index in [2.05, 4.69) is 31.2 Å². The van der Waals surface area contributed by atoms with Crippen LogP contribution in [0.4, 0.5) is 0 Å². The van der Waals surface area contributed by atoms with Gasteiger partial charge in [-0.2, -0.15) is 0 Å². The van der Waals surface area contributed by atoms with Gasteiger partial charge in [0.05, 0.1) is 6.61 Å². The van der Waals surface area contributed by atoms with Gasteiger partial charge in [-0.1, -0.05) is 29.8 Å². The Bertz CT molecular complexity index is 382. The zero-order valence-corrected chi connectivity index (χ0v) is 9.65. The molecule has 0 aliphatic carbocycles. The molecule has 2 nitrogen and oxygen atoms in total. The number of hydrogen-bond donors (Lipinski definition) is 1. The molecule has 1 aliphatic rings. The van der Waals surface area contributed by atoms with E-state index in [9.17, 15) is 5.11 Å². The lowest BCUT2D eigenvalue weighted by atomic mass is 10.0. The molecule has 0 saturated carbocycles. The van der Waals surface area contributed by atoms with Crippen LogP contribution in [0, 0.1) is 6.92 Å². The van der Waals surface area contributed by atoms with Crippen molar-refractivity contribution in [1.29, 1.82) is 0 Å². The van der Waals surface area contributed by atoms with E-state index in [1.54, 1.807) is 0 Å². The fourth-order valence-corrected chi connectivity index (χ4v) is 1.98. The minimum absolute atomic E-state index is 0.442. The standard InChI is InChI=1S/C14H18O2/c1-11-4-2-5-12(10-11)7-8-13(15)14-6-3-9-16-14/h2,4-6,10,13,15H,3,7-9H2,1H3. The van der Waals surface area contributed by atoms with Crippen LogP contribution in [0.2, 0.25) is 0 Å². The minimum Gasteiger partial charge on any atom is -0.495 e. The Morgan fingerprint density at radius 3 is 3.00 bits per heavy atom. The molecule has 0 fully saturated rings. The molecule has 1 aromatic rings. The predicted octanol–water partition coefficient (Wildman–Crippen LogP) is 2.59. The molecule has 0 saturated heterocycles. The molecule has 86 valence electrons. The van der Waals surface area contributed by atoms with E-state index in [1.807, 2.05) is 6.08 Å². The lowest BCUT2D eigenvalue weighted by Gasteiger charge is -2.12. The Hall–Kier alpha value is -1.28. The van der Waals surface area contributed by atoms with Crippen LogP contribution in [0.25, 0.3) is 0 Å². The Kier molecular flexibility index (Phi) is 3.62. The first-order valence-corrected chi connectivity index (χ1v) is 5.82. The summed E-state index contributed by atoms with van der Waals surface area (Å²) in [5.74, 6) is 0.757. The number of ether oxygens (including phenoxy) is 1. The first-order valence-electron chi connectivity index (χ1n) is 5.82. The topological polar surface area (TPSA) is 29.5 Å². The Morgan fingerprint density at radius 1 is 1.44 bits per heavy atom. The van der Waals surface area contributed by atoms with Gasteiger partial charge in [0.1, 0.15) is 11.9 Å². The van der Waals surface area contributed by atoms with Gasteiger partial charge < -0.3 is 9.84 Å². The SMILES string of the molecule is Cc1cccc(CCC(O)C2=CCCO2)c1. The molecular weight excluding hydrogens is 200 g/mol. The third-order valence-corrected chi connectivity index (χ3v) is 2.85. The van der Waals surface area contributed by atoms with E-state index >= 15 is 0 Å². The van der Waals surface area contributed by atoms with Gasteiger partial charge in [-0.25, -0.2) is 0 Å². The van der Waals surface area contributed by atoms with Crippen molar-refractivity contribution < 1.29 is 9.84 Å². The van der Waals surface area contributed by atoms with Crippen LogP contribution < -0.4 is 0 Å². The van der Waals surface area contributed by atoms with Crippen LogP contribution >= 0.6 is 0 Å². The van der Waals surface area contributed by atoms with Crippen molar-refractivity contribution in [3.63, 3.8) is 0 Å². The van der Waals surface area contributed by atoms with Crippen LogP contribution in [0.15, 0.2) is 36.1 Å². The number of aliphatic hydroxyl groups is 1. The lowest BCUT2D eigenvalue weighted by Crippen LogP contribution is -2.11. The second-order valence-corrected chi connectivity index (χ2v) is 4.29. The van der Waals surface area contributed by atoms with E-state index < -0.39 is 6.10 Å². The van der Waals surface area contributed by atoms with E-state index in [4.69, 9.17) is 4.74 Å². The number of benzene rings is 1. The van der Waals surface area contributed by atoms with Crippen molar-refractivity contribution in [3.05, 3.63) is 47.2 Å². The van der Waals surface area contributed by atoms with Gasteiger partial charge in [0.2, 0.25) is 0 Å². The highest BCUT2D eigenvalue weighted by Gasteiger charge is 2.15. The number of aliphatic hydroxyl groups excluding tert-OH is 1. The van der Waals surface area contributed by atoms with E-state index in [0.717, 1.165) is 31.6 Å². The highest BCUT2D eigenvalue weighted by atomic mass is 16.5. The Labute approximate surface area is 96.6 Å². The Balaban J connectivity index is 1.87. The highest BCUT2D eigenvalue weighted by molar-refractivity contribution is 5.22. The number of rotatable bonds is 4. The smallest absolute Gasteiger partial charge is 0.121 e. The van der Waals surface area contributed by atoms with Crippen LogP contribution in [-0.4, -0.2) is 17.8 Å². The molecule has 0 amide bonds. The molecule has 0 spiro atoms. The summed E-state index contributed by atoms with van der Waals surface area (Å²) in [7, 11) is 0. The normalized spacial score (nSPS) is 16.8. The average molecular weight is 218 g/mol. The third kappa shape index (κ3) is 2.86. The second kappa shape index (κ2) is 5.17. The van der Waals surface area contributed by atoms with Gasteiger partial charge >= 0.3 is 0 Å². The largest absolute Gasteiger partial charge is 0.495 e. The Morgan fingerprint density at radius 2 is 2.31 bits per heavy atom. The molecule has 1 aromatic carbocycles. The molecule has 0 bridgehead atoms. The molecule has 2 rings (SSSR count). The lowest BCUT2D eigenvalue weighted by molar-refractivity contribution is 0.112. The molecule has 1 aliphatic heterocycles. The molecule has 0 aromatic heterocycles. The van der Waals surface area contributed by atoms with Gasteiger partial charge in [0, 0.05) is 6.42 Å². The van der Waals surface area contributed by atoms with E-state index in [0.29, 0.717) is 0 Å². The van der Waals surface area contributed by atoms with E-state index in [-0.39, 0.29) is 0 Å². The summed E-state index contributed by atoms with van der Waals surface area (Å²) in [5, 5.41) is 9.89. The summed E-state index contributed by atoms with van der Waals surface area (Å²) in [6.07, 6.45) is 4.10. The van der Waals surface area contributed by atoms with Gasteiger partial charge in [-0.05, 0) is 31.4 Å². The van der Waals surface area contributed by atoms with Crippen molar-refractivity contribution in [1.82, 2.24) is 0 Å². The highest BCUT2D eigenvalue weighted by Crippen LogP contribution is 2.17. The maximum Gasteiger partial charge on any atom is 0.121 e. The summed E-state index contributed by atoms with van der Waals surface area (Å²) in [6, 6.07) is 8.41. The predicted molar refractivity (Wildman–Crippen MR) is 64.2 cm³/mol. The first-order chi connectivity index (χ1) is 7.75. The van der Waals surface area contributed by atoms with Gasteiger partial charge in [0.25, 0.3) is 0 Å². The quantitative estimate of drug-likeness (QED) is 0.841. The molecule has 2 heteroatoms. The molecule has 1 N–H and O–H groups in total. The molecule has 1 unspecified atom stereocenters. The van der Waals surface area contributed by atoms with Crippen LogP contribution in [-0.2, 0) is 11.2 Å². The number of hydrogen-bond acceptors (Lipinski definition) is 2. The summed E-state index contributed by atoms with van der Waals surface area (Å²) < 4.78 is 5.34. The fourth-order valence-electron chi connectivity index (χ4n) is 1.98. The fraction of sp³-hybridized carbons (Fsp3) is 0.429.